The minimum atomic E-state index is -3.22. The van der Waals surface area contributed by atoms with Crippen molar-refractivity contribution in [3.8, 4) is 11.1 Å². The van der Waals surface area contributed by atoms with Gasteiger partial charge in [0.15, 0.2) is 9.84 Å². The standard InChI is InChI=1S/C16H19NO2S/c1-17(2)12-13-8-10-14(11-9-13)15-6-4-5-7-16(15)20(3,18)19/h4-11H,12H2,1-3H3. The Balaban J connectivity index is 2.43. The summed E-state index contributed by atoms with van der Waals surface area (Å²) in [5, 5.41) is 0. The van der Waals surface area contributed by atoms with Gasteiger partial charge in [0.2, 0.25) is 0 Å². The lowest BCUT2D eigenvalue weighted by Gasteiger charge is -2.11. The number of sulfone groups is 1. The van der Waals surface area contributed by atoms with Crippen LogP contribution in [-0.2, 0) is 16.4 Å². The molecule has 0 aliphatic rings. The van der Waals surface area contributed by atoms with E-state index in [2.05, 4.69) is 4.90 Å². The molecule has 0 radical (unpaired) electrons. The first-order valence-corrected chi connectivity index (χ1v) is 8.30. The van der Waals surface area contributed by atoms with Crippen LogP contribution in [0.15, 0.2) is 53.4 Å². The summed E-state index contributed by atoms with van der Waals surface area (Å²) in [6.07, 6.45) is 1.24. The third kappa shape index (κ3) is 3.46. The number of nitrogens with zero attached hydrogens (tertiary/aromatic N) is 1. The van der Waals surface area contributed by atoms with Crippen molar-refractivity contribution in [3.05, 3.63) is 54.1 Å². The maximum Gasteiger partial charge on any atom is 0.176 e. The molecule has 4 heteroatoms. The molecule has 0 aromatic heterocycles. The molecule has 0 atom stereocenters. The minimum Gasteiger partial charge on any atom is -0.305 e. The van der Waals surface area contributed by atoms with Gasteiger partial charge in [-0.15, -0.1) is 0 Å². The zero-order valence-electron chi connectivity index (χ0n) is 12.0. The third-order valence-corrected chi connectivity index (χ3v) is 4.21. The fraction of sp³-hybridized carbons (Fsp3) is 0.250. The second-order valence-electron chi connectivity index (χ2n) is 5.20. The lowest BCUT2D eigenvalue weighted by Crippen LogP contribution is -2.10. The summed E-state index contributed by atoms with van der Waals surface area (Å²) in [5.41, 5.74) is 2.88. The predicted octanol–water partition coefficient (Wildman–Crippen LogP) is 2.82. The molecule has 2 aromatic carbocycles. The number of hydrogen-bond donors (Lipinski definition) is 0. The van der Waals surface area contributed by atoms with Crippen LogP contribution >= 0.6 is 0 Å². The Morgan fingerprint density at radius 3 is 2.10 bits per heavy atom. The second kappa shape index (κ2) is 5.77. The van der Waals surface area contributed by atoms with E-state index in [0.29, 0.717) is 4.90 Å². The molecule has 0 unspecified atom stereocenters. The SMILES string of the molecule is CN(C)Cc1ccc(-c2ccccc2S(C)(=O)=O)cc1. The van der Waals surface area contributed by atoms with Crippen LogP contribution < -0.4 is 0 Å². The highest BCUT2D eigenvalue weighted by Crippen LogP contribution is 2.27. The molecular formula is C16H19NO2S. The van der Waals surface area contributed by atoms with Gasteiger partial charge in [0.05, 0.1) is 4.90 Å². The van der Waals surface area contributed by atoms with Crippen molar-refractivity contribution in [2.75, 3.05) is 20.4 Å². The van der Waals surface area contributed by atoms with Gasteiger partial charge in [-0.1, -0.05) is 42.5 Å². The Bertz CT molecular complexity index is 689. The van der Waals surface area contributed by atoms with E-state index in [1.807, 2.05) is 50.5 Å². The molecule has 0 fully saturated rings. The van der Waals surface area contributed by atoms with Crippen molar-refractivity contribution in [1.29, 1.82) is 0 Å². The summed E-state index contributed by atoms with van der Waals surface area (Å²) in [5.74, 6) is 0. The molecule has 2 rings (SSSR count). The van der Waals surface area contributed by atoms with E-state index in [1.54, 1.807) is 12.1 Å². The van der Waals surface area contributed by atoms with Crippen molar-refractivity contribution >= 4 is 9.84 Å². The van der Waals surface area contributed by atoms with Gasteiger partial charge in [-0.2, -0.15) is 0 Å². The van der Waals surface area contributed by atoms with Crippen LogP contribution in [0.3, 0.4) is 0 Å². The van der Waals surface area contributed by atoms with Gasteiger partial charge in [-0.3, -0.25) is 0 Å². The van der Waals surface area contributed by atoms with Crippen molar-refractivity contribution in [1.82, 2.24) is 4.90 Å². The molecule has 0 heterocycles. The maximum atomic E-state index is 11.8. The lowest BCUT2D eigenvalue weighted by atomic mass is 10.0. The zero-order chi connectivity index (χ0) is 14.8. The van der Waals surface area contributed by atoms with Gasteiger partial charge in [0.25, 0.3) is 0 Å². The van der Waals surface area contributed by atoms with E-state index in [1.165, 1.54) is 11.8 Å². The largest absolute Gasteiger partial charge is 0.305 e. The van der Waals surface area contributed by atoms with Crippen LogP contribution in [0.2, 0.25) is 0 Å². The minimum absolute atomic E-state index is 0.375. The third-order valence-electron chi connectivity index (χ3n) is 3.05. The van der Waals surface area contributed by atoms with E-state index >= 15 is 0 Å². The number of hydrogen-bond acceptors (Lipinski definition) is 3. The summed E-state index contributed by atoms with van der Waals surface area (Å²) in [6, 6.07) is 15.1. The molecule has 0 aliphatic heterocycles. The predicted molar refractivity (Wildman–Crippen MR) is 82.4 cm³/mol. The summed E-state index contributed by atoms with van der Waals surface area (Å²) in [7, 11) is 0.822. The van der Waals surface area contributed by atoms with Crippen LogP contribution in [0, 0.1) is 0 Å². The first-order chi connectivity index (χ1) is 9.38. The van der Waals surface area contributed by atoms with E-state index in [0.717, 1.165) is 17.7 Å². The van der Waals surface area contributed by atoms with Gasteiger partial charge in [0, 0.05) is 18.4 Å². The summed E-state index contributed by atoms with van der Waals surface area (Å²) in [4.78, 5) is 2.47. The van der Waals surface area contributed by atoms with Crippen LogP contribution in [0.4, 0.5) is 0 Å². The van der Waals surface area contributed by atoms with Crippen LogP contribution in [0.1, 0.15) is 5.56 Å². The highest BCUT2D eigenvalue weighted by atomic mass is 32.2. The Labute approximate surface area is 120 Å². The number of rotatable bonds is 4. The second-order valence-corrected chi connectivity index (χ2v) is 7.19. The molecule has 0 amide bonds. The highest BCUT2D eigenvalue weighted by Gasteiger charge is 2.13. The maximum absolute atomic E-state index is 11.8. The molecule has 0 saturated heterocycles. The fourth-order valence-electron chi connectivity index (χ4n) is 2.18. The van der Waals surface area contributed by atoms with Gasteiger partial charge in [-0.25, -0.2) is 8.42 Å². The van der Waals surface area contributed by atoms with E-state index in [9.17, 15) is 8.42 Å². The average molecular weight is 289 g/mol. The topological polar surface area (TPSA) is 37.4 Å². The quantitative estimate of drug-likeness (QED) is 0.868. The summed E-state index contributed by atoms with van der Waals surface area (Å²) in [6.45, 7) is 0.869. The molecule has 0 N–H and O–H groups in total. The van der Waals surface area contributed by atoms with E-state index in [4.69, 9.17) is 0 Å². The molecule has 3 nitrogen and oxygen atoms in total. The van der Waals surface area contributed by atoms with Gasteiger partial charge >= 0.3 is 0 Å². The molecule has 20 heavy (non-hydrogen) atoms. The van der Waals surface area contributed by atoms with Gasteiger partial charge in [0.1, 0.15) is 0 Å². The Kier molecular flexibility index (Phi) is 4.26. The fourth-order valence-corrected chi connectivity index (χ4v) is 3.09. The summed E-state index contributed by atoms with van der Waals surface area (Å²) >= 11 is 0. The first-order valence-electron chi connectivity index (χ1n) is 6.41. The Hall–Kier alpha value is -1.65. The molecule has 0 bridgehead atoms. The van der Waals surface area contributed by atoms with Crippen LogP contribution in [0.5, 0.6) is 0 Å². The molecular weight excluding hydrogens is 270 g/mol. The van der Waals surface area contributed by atoms with E-state index < -0.39 is 9.84 Å². The molecule has 0 aliphatic carbocycles. The lowest BCUT2D eigenvalue weighted by molar-refractivity contribution is 0.402. The zero-order valence-corrected chi connectivity index (χ0v) is 12.8. The Morgan fingerprint density at radius 1 is 0.950 bits per heavy atom. The normalized spacial score (nSPS) is 11.8. The molecule has 0 saturated carbocycles. The van der Waals surface area contributed by atoms with E-state index in [-0.39, 0.29) is 0 Å². The van der Waals surface area contributed by atoms with Crippen molar-refractivity contribution in [3.63, 3.8) is 0 Å². The van der Waals surface area contributed by atoms with Crippen molar-refractivity contribution in [2.24, 2.45) is 0 Å². The van der Waals surface area contributed by atoms with Crippen molar-refractivity contribution < 1.29 is 8.42 Å². The van der Waals surface area contributed by atoms with Gasteiger partial charge < -0.3 is 4.90 Å². The van der Waals surface area contributed by atoms with Gasteiger partial charge in [-0.05, 0) is 31.3 Å². The van der Waals surface area contributed by atoms with Crippen LogP contribution in [0.25, 0.3) is 11.1 Å². The Morgan fingerprint density at radius 2 is 1.55 bits per heavy atom. The molecule has 2 aromatic rings. The number of benzene rings is 2. The average Bonchev–Trinajstić information content (AvgIpc) is 2.38. The first kappa shape index (κ1) is 14.8. The smallest absolute Gasteiger partial charge is 0.176 e. The monoisotopic (exact) mass is 289 g/mol. The van der Waals surface area contributed by atoms with Crippen molar-refractivity contribution in [2.45, 2.75) is 11.4 Å². The van der Waals surface area contributed by atoms with Crippen LogP contribution in [-0.4, -0.2) is 33.7 Å². The molecule has 106 valence electrons. The molecule has 0 spiro atoms. The highest BCUT2D eigenvalue weighted by molar-refractivity contribution is 7.90. The summed E-state index contributed by atoms with van der Waals surface area (Å²) < 4.78 is 23.7.